The number of nitrogens with one attached hydrogen (secondary N) is 1. The second kappa shape index (κ2) is 9.46. The third-order valence-electron chi connectivity index (χ3n) is 2.05. The first-order valence-electron chi connectivity index (χ1n) is 5.99. The van der Waals surface area contributed by atoms with Crippen LogP contribution in [0.1, 0.15) is 13.8 Å². The number of aliphatic hydroxyl groups excluding tert-OH is 1. The Morgan fingerprint density at radius 2 is 1.84 bits per heavy atom. The molecule has 0 bridgehead atoms. The number of halogens is 4. The zero-order valence-corrected chi connectivity index (χ0v) is 11.0. The topological polar surface area (TPSA) is 50.7 Å². The largest absolute Gasteiger partial charge is 0.389 e. The molecule has 0 aromatic carbocycles. The summed E-state index contributed by atoms with van der Waals surface area (Å²) >= 11 is 0. The van der Waals surface area contributed by atoms with Crippen LogP contribution in [-0.2, 0) is 9.47 Å². The van der Waals surface area contributed by atoms with Crippen LogP contribution >= 0.6 is 0 Å². The van der Waals surface area contributed by atoms with Crippen LogP contribution in [-0.4, -0.2) is 62.6 Å². The molecule has 0 aliphatic rings. The molecule has 0 aromatic rings. The number of aliphatic hydroxyl groups is 1. The van der Waals surface area contributed by atoms with Crippen molar-refractivity contribution in [3.63, 3.8) is 0 Å². The highest BCUT2D eigenvalue weighted by Crippen LogP contribution is 2.21. The van der Waals surface area contributed by atoms with Gasteiger partial charge in [-0.2, -0.15) is 8.78 Å². The number of alkyl halides is 4. The lowest BCUT2D eigenvalue weighted by atomic mass is 10.3. The summed E-state index contributed by atoms with van der Waals surface area (Å²) in [7, 11) is 0. The van der Waals surface area contributed by atoms with Gasteiger partial charge in [0.15, 0.2) is 0 Å². The Kier molecular flexibility index (Phi) is 9.24. The smallest absolute Gasteiger partial charge is 0.319 e. The van der Waals surface area contributed by atoms with Crippen LogP contribution in [0.2, 0.25) is 0 Å². The first kappa shape index (κ1) is 18.6. The van der Waals surface area contributed by atoms with Crippen LogP contribution in [0.3, 0.4) is 0 Å². The second-order valence-electron chi connectivity index (χ2n) is 4.34. The Morgan fingerprint density at radius 3 is 2.37 bits per heavy atom. The molecular formula is C11H21F4NO3. The maximum Gasteiger partial charge on any atom is 0.319 e. The Labute approximate surface area is 110 Å². The van der Waals surface area contributed by atoms with E-state index in [2.05, 4.69) is 5.32 Å². The molecule has 0 fully saturated rings. The number of rotatable bonds is 11. The van der Waals surface area contributed by atoms with E-state index in [0.29, 0.717) is 6.61 Å². The Morgan fingerprint density at radius 1 is 1.21 bits per heavy atom. The molecule has 19 heavy (non-hydrogen) atoms. The molecule has 0 amide bonds. The van der Waals surface area contributed by atoms with Crippen molar-refractivity contribution in [2.75, 3.05) is 32.9 Å². The van der Waals surface area contributed by atoms with E-state index in [-0.39, 0.29) is 25.9 Å². The molecule has 0 rings (SSSR count). The van der Waals surface area contributed by atoms with E-state index in [0.717, 1.165) is 0 Å². The molecule has 0 heterocycles. The quantitative estimate of drug-likeness (QED) is 0.445. The first-order valence-corrected chi connectivity index (χ1v) is 5.99. The van der Waals surface area contributed by atoms with Crippen LogP contribution in [0.4, 0.5) is 17.6 Å². The minimum atomic E-state index is -4.09. The highest BCUT2D eigenvalue weighted by atomic mass is 19.3. The summed E-state index contributed by atoms with van der Waals surface area (Å²) in [6, 6.07) is 0. The van der Waals surface area contributed by atoms with Crippen molar-refractivity contribution >= 4 is 0 Å². The molecule has 8 heteroatoms. The van der Waals surface area contributed by atoms with Gasteiger partial charge in [0.1, 0.15) is 0 Å². The van der Waals surface area contributed by atoms with Crippen LogP contribution in [0.25, 0.3) is 0 Å². The molecule has 116 valence electrons. The number of hydrogen-bond acceptors (Lipinski definition) is 4. The van der Waals surface area contributed by atoms with E-state index in [1.807, 2.05) is 13.8 Å². The molecule has 0 aliphatic heterocycles. The van der Waals surface area contributed by atoms with Crippen molar-refractivity contribution < 1.29 is 32.1 Å². The van der Waals surface area contributed by atoms with Crippen molar-refractivity contribution in [3.8, 4) is 0 Å². The lowest BCUT2D eigenvalue weighted by Gasteiger charge is -2.17. The van der Waals surface area contributed by atoms with Crippen LogP contribution in [0.15, 0.2) is 0 Å². The normalized spacial score (nSPS) is 14.4. The van der Waals surface area contributed by atoms with Gasteiger partial charge in [-0.25, -0.2) is 8.78 Å². The van der Waals surface area contributed by atoms with Gasteiger partial charge in [-0.15, -0.1) is 0 Å². The number of hydrogen-bond donors (Lipinski definition) is 2. The van der Waals surface area contributed by atoms with Crippen molar-refractivity contribution in [1.82, 2.24) is 5.32 Å². The van der Waals surface area contributed by atoms with Gasteiger partial charge in [-0.3, -0.25) is 0 Å². The van der Waals surface area contributed by atoms with Gasteiger partial charge >= 0.3 is 12.3 Å². The van der Waals surface area contributed by atoms with Gasteiger partial charge in [-0.05, 0) is 13.8 Å². The lowest BCUT2D eigenvalue weighted by Crippen LogP contribution is -2.42. The monoisotopic (exact) mass is 291 g/mol. The van der Waals surface area contributed by atoms with Crippen molar-refractivity contribution in [2.24, 2.45) is 0 Å². The summed E-state index contributed by atoms with van der Waals surface area (Å²) in [5.41, 5.74) is 0. The molecule has 4 nitrogen and oxygen atoms in total. The van der Waals surface area contributed by atoms with Gasteiger partial charge in [0.25, 0.3) is 0 Å². The minimum absolute atomic E-state index is 0.0747. The summed E-state index contributed by atoms with van der Waals surface area (Å²) in [5, 5.41) is 11.4. The lowest BCUT2D eigenvalue weighted by molar-refractivity contribution is -0.126. The van der Waals surface area contributed by atoms with E-state index < -0.39 is 25.0 Å². The van der Waals surface area contributed by atoms with Crippen LogP contribution < -0.4 is 5.32 Å². The van der Waals surface area contributed by atoms with Gasteiger partial charge in [0.2, 0.25) is 0 Å². The highest BCUT2D eigenvalue weighted by molar-refractivity contribution is 4.73. The summed E-state index contributed by atoms with van der Waals surface area (Å²) in [4.78, 5) is 0. The molecule has 0 saturated carbocycles. The van der Waals surface area contributed by atoms with E-state index in [1.54, 1.807) is 0 Å². The van der Waals surface area contributed by atoms with Crippen LogP contribution in [0, 0.1) is 0 Å². The highest BCUT2D eigenvalue weighted by Gasteiger charge is 2.40. The fourth-order valence-corrected chi connectivity index (χ4v) is 1.10. The Bertz CT molecular complexity index is 230. The standard InChI is InChI=1S/C11H21F4NO3/c1-8(2)19-4-3-18-6-9(17)5-16-7-11(14,15)10(12)13/h8-10,16-17H,3-7H2,1-2H3. The summed E-state index contributed by atoms with van der Waals surface area (Å²) < 4.78 is 58.8. The Hall–Kier alpha value is -0.440. The maximum absolute atomic E-state index is 12.5. The predicted octanol–water partition coefficient (Wildman–Crippen LogP) is 1.28. The minimum Gasteiger partial charge on any atom is -0.389 e. The second-order valence-corrected chi connectivity index (χ2v) is 4.34. The van der Waals surface area contributed by atoms with Crippen molar-refractivity contribution in [3.05, 3.63) is 0 Å². The summed E-state index contributed by atoms with van der Waals surface area (Å²) in [6.07, 6.45) is -4.68. The third kappa shape index (κ3) is 10.1. The van der Waals surface area contributed by atoms with Gasteiger partial charge < -0.3 is 19.9 Å². The molecule has 1 unspecified atom stereocenters. The molecule has 1 atom stereocenters. The predicted molar refractivity (Wildman–Crippen MR) is 61.7 cm³/mol. The molecule has 2 N–H and O–H groups in total. The average molecular weight is 291 g/mol. The van der Waals surface area contributed by atoms with Gasteiger partial charge in [-0.1, -0.05) is 0 Å². The Balaban J connectivity index is 3.52. The molecule has 0 radical (unpaired) electrons. The summed E-state index contributed by atoms with van der Waals surface area (Å²) in [5.74, 6) is -4.09. The van der Waals surface area contributed by atoms with E-state index in [1.165, 1.54) is 0 Å². The molecule has 0 saturated heterocycles. The molecular weight excluding hydrogens is 270 g/mol. The van der Waals surface area contributed by atoms with Crippen molar-refractivity contribution in [1.29, 1.82) is 0 Å². The molecule has 0 aliphatic carbocycles. The average Bonchev–Trinajstić information content (AvgIpc) is 2.27. The molecule has 0 aromatic heterocycles. The van der Waals surface area contributed by atoms with E-state index in [4.69, 9.17) is 9.47 Å². The fourth-order valence-electron chi connectivity index (χ4n) is 1.10. The van der Waals surface area contributed by atoms with Gasteiger partial charge in [0.05, 0.1) is 38.6 Å². The SMILES string of the molecule is CC(C)OCCOCC(O)CNCC(F)(F)C(F)F. The van der Waals surface area contributed by atoms with E-state index in [9.17, 15) is 22.7 Å². The molecule has 0 spiro atoms. The zero-order valence-electron chi connectivity index (χ0n) is 11.0. The zero-order chi connectivity index (χ0) is 14.9. The first-order chi connectivity index (χ1) is 8.75. The fraction of sp³-hybridized carbons (Fsp3) is 1.00. The van der Waals surface area contributed by atoms with E-state index >= 15 is 0 Å². The summed E-state index contributed by atoms with van der Waals surface area (Å²) in [6.45, 7) is 2.86. The maximum atomic E-state index is 12.5. The third-order valence-corrected chi connectivity index (χ3v) is 2.05. The van der Waals surface area contributed by atoms with Crippen LogP contribution in [0.5, 0.6) is 0 Å². The number of ether oxygens (including phenoxy) is 2. The van der Waals surface area contributed by atoms with Crippen molar-refractivity contribution in [2.45, 2.75) is 38.4 Å². The van der Waals surface area contributed by atoms with Gasteiger partial charge in [0, 0.05) is 6.54 Å².